The van der Waals surface area contributed by atoms with Crippen LogP contribution in [0.2, 0.25) is 0 Å². The van der Waals surface area contributed by atoms with Crippen molar-refractivity contribution >= 4 is 15.7 Å². The van der Waals surface area contributed by atoms with E-state index in [-0.39, 0.29) is 22.8 Å². The van der Waals surface area contributed by atoms with E-state index in [1.54, 1.807) is 26.2 Å². The van der Waals surface area contributed by atoms with Crippen LogP contribution in [0.3, 0.4) is 0 Å². The average Bonchev–Trinajstić information content (AvgIpc) is 2.67. The van der Waals surface area contributed by atoms with Crippen molar-refractivity contribution in [2.45, 2.75) is 18.4 Å². The molecule has 0 spiro atoms. The maximum Gasteiger partial charge on any atom is 0.252 e. The summed E-state index contributed by atoms with van der Waals surface area (Å²) in [6, 6.07) is 13.6. The van der Waals surface area contributed by atoms with Gasteiger partial charge in [0.05, 0.1) is 22.8 Å². The highest BCUT2D eigenvalue weighted by atomic mass is 32.2. The summed E-state index contributed by atoms with van der Waals surface area (Å²) in [5.41, 5.74) is 1.04. The first-order chi connectivity index (χ1) is 12.5. The molecule has 2 aromatic carbocycles. The maximum absolute atomic E-state index is 12.4. The largest absolute Gasteiger partial charge is 0.491 e. The predicted molar refractivity (Wildman–Crippen MR) is 99.2 cm³/mol. The van der Waals surface area contributed by atoms with Gasteiger partial charge in [0.1, 0.15) is 12.4 Å². The van der Waals surface area contributed by atoms with Crippen molar-refractivity contribution in [3.63, 3.8) is 0 Å². The molecule has 0 unspecified atom stereocenters. The zero-order valence-corrected chi connectivity index (χ0v) is 15.7. The molecule has 0 fully saturated rings. The van der Waals surface area contributed by atoms with Gasteiger partial charge in [0.2, 0.25) is 0 Å². The highest BCUT2D eigenvalue weighted by Crippen LogP contribution is 2.17. The van der Waals surface area contributed by atoms with Crippen molar-refractivity contribution in [1.82, 2.24) is 5.32 Å². The normalized spacial score (nSPS) is 11.2. The van der Waals surface area contributed by atoms with Gasteiger partial charge >= 0.3 is 0 Å². The summed E-state index contributed by atoms with van der Waals surface area (Å²) in [5.74, 6) is 0.247. The standard InChI is InChI=1S/C19H23NO5S/c1-3-26(22,23)18-7-5-4-6-17(18)19(21)20-14-15-8-10-16(11-9-15)25-13-12-24-2/h4-11H,3,12-14H2,1-2H3,(H,20,21). The minimum absolute atomic E-state index is 0.0537. The smallest absolute Gasteiger partial charge is 0.252 e. The van der Waals surface area contributed by atoms with Gasteiger partial charge in [-0.1, -0.05) is 31.2 Å². The molecule has 2 aromatic rings. The Kier molecular flexibility index (Phi) is 7.17. The van der Waals surface area contributed by atoms with Crippen LogP contribution in [0, 0.1) is 0 Å². The molecule has 0 saturated carbocycles. The first-order valence-corrected chi connectivity index (χ1v) is 9.94. The van der Waals surface area contributed by atoms with Gasteiger partial charge < -0.3 is 14.8 Å². The van der Waals surface area contributed by atoms with E-state index in [1.807, 2.05) is 24.3 Å². The molecule has 0 saturated heterocycles. The molecule has 0 bridgehead atoms. The van der Waals surface area contributed by atoms with Crippen LogP contribution in [0.5, 0.6) is 5.75 Å². The van der Waals surface area contributed by atoms with Crippen LogP contribution in [0.25, 0.3) is 0 Å². The molecule has 2 rings (SSSR count). The topological polar surface area (TPSA) is 81.7 Å². The Labute approximate surface area is 154 Å². The van der Waals surface area contributed by atoms with Crippen molar-refractivity contribution < 1.29 is 22.7 Å². The lowest BCUT2D eigenvalue weighted by Crippen LogP contribution is -2.25. The molecular formula is C19H23NO5S. The van der Waals surface area contributed by atoms with Gasteiger partial charge in [-0.05, 0) is 29.8 Å². The van der Waals surface area contributed by atoms with Crippen LogP contribution in [0.1, 0.15) is 22.8 Å². The van der Waals surface area contributed by atoms with Crippen LogP contribution in [0.4, 0.5) is 0 Å². The van der Waals surface area contributed by atoms with Crippen molar-refractivity contribution in [3.8, 4) is 5.75 Å². The summed E-state index contributed by atoms with van der Waals surface area (Å²) in [5, 5.41) is 2.76. The zero-order valence-electron chi connectivity index (χ0n) is 14.9. The minimum atomic E-state index is -3.46. The Morgan fingerprint density at radius 3 is 2.38 bits per heavy atom. The van der Waals surface area contributed by atoms with Crippen molar-refractivity contribution in [1.29, 1.82) is 0 Å². The lowest BCUT2D eigenvalue weighted by Gasteiger charge is -2.11. The van der Waals surface area contributed by atoms with Gasteiger partial charge in [-0.2, -0.15) is 0 Å². The van der Waals surface area contributed by atoms with E-state index in [2.05, 4.69) is 5.32 Å². The Morgan fingerprint density at radius 1 is 1.04 bits per heavy atom. The molecule has 0 aliphatic carbocycles. The van der Waals surface area contributed by atoms with E-state index >= 15 is 0 Å². The summed E-state index contributed by atoms with van der Waals surface area (Å²) in [6.45, 7) is 2.82. The van der Waals surface area contributed by atoms with Crippen LogP contribution in [-0.2, 0) is 21.1 Å². The molecule has 0 atom stereocenters. The quantitative estimate of drug-likeness (QED) is 0.679. The Bertz CT molecular complexity index is 831. The van der Waals surface area contributed by atoms with Gasteiger partial charge in [-0.15, -0.1) is 0 Å². The molecule has 0 aliphatic heterocycles. The molecule has 140 valence electrons. The maximum atomic E-state index is 12.4. The molecule has 7 heteroatoms. The number of carbonyl (C=O) groups excluding carboxylic acids is 1. The van der Waals surface area contributed by atoms with E-state index in [1.165, 1.54) is 12.1 Å². The number of methoxy groups -OCH3 is 1. The molecule has 1 N–H and O–H groups in total. The second kappa shape index (κ2) is 9.35. The van der Waals surface area contributed by atoms with Crippen molar-refractivity contribution in [2.24, 2.45) is 0 Å². The Balaban J connectivity index is 2.01. The second-order valence-corrected chi connectivity index (χ2v) is 7.81. The number of amides is 1. The fourth-order valence-corrected chi connectivity index (χ4v) is 3.40. The molecule has 0 heterocycles. The number of benzene rings is 2. The third-order valence-electron chi connectivity index (χ3n) is 3.78. The summed E-state index contributed by atoms with van der Waals surface area (Å²) in [6.07, 6.45) is 0. The van der Waals surface area contributed by atoms with E-state index < -0.39 is 15.7 Å². The number of ether oxygens (including phenoxy) is 2. The van der Waals surface area contributed by atoms with Crippen molar-refractivity contribution in [3.05, 3.63) is 59.7 Å². The van der Waals surface area contributed by atoms with Gasteiger partial charge in [0.25, 0.3) is 5.91 Å². The molecule has 6 nitrogen and oxygen atoms in total. The summed E-state index contributed by atoms with van der Waals surface area (Å²) >= 11 is 0. The van der Waals surface area contributed by atoms with Crippen molar-refractivity contribution in [2.75, 3.05) is 26.1 Å². The monoisotopic (exact) mass is 377 g/mol. The number of carbonyl (C=O) groups is 1. The molecule has 0 aliphatic rings. The molecule has 26 heavy (non-hydrogen) atoms. The van der Waals surface area contributed by atoms with Gasteiger partial charge in [-0.3, -0.25) is 4.79 Å². The summed E-state index contributed by atoms with van der Waals surface area (Å²) < 4.78 is 34.7. The van der Waals surface area contributed by atoms with Gasteiger partial charge in [0.15, 0.2) is 9.84 Å². The Morgan fingerprint density at radius 2 is 1.73 bits per heavy atom. The zero-order chi connectivity index (χ0) is 19.0. The number of rotatable bonds is 9. The molecule has 0 radical (unpaired) electrons. The third kappa shape index (κ3) is 5.31. The third-order valence-corrected chi connectivity index (χ3v) is 5.57. The number of hydrogen-bond acceptors (Lipinski definition) is 5. The van der Waals surface area contributed by atoms with Crippen LogP contribution < -0.4 is 10.1 Å². The minimum Gasteiger partial charge on any atom is -0.491 e. The van der Waals surface area contributed by atoms with E-state index in [0.717, 1.165) is 11.3 Å². The first kappa shape index (κ1) is 19.9. The fraction of sp³-hybridized carbons (Fsp3) is 0.316. The number of hydrogen-bond donors (Lipinski definition) is 1. The summed E-state index contributed by atoms with van der Waals surface area (Å²) in [4.78, 5) is 12.5. The highest BCUT2D eigenvalue weighted by Gasteiger charge is 2.20. The lowest BCUT2D eigenvalue weighted by atomic mass is 10.2. The SMILES string of the molecule is CCS(=O)(=O)c1ccccc1C(=O)NCc1ccc(OCCOC)cc1. The average molecular weight is 377 g/mol. The van der Waals surface area contributed by atoms with Gasteiger partial charge in [0, 0.05) is 13.7 Å². The van der Waals surface area contributed by atoms with Crippen LogP contribution >= 0.6 is 0 Å². The molecule has 0 aromatic heterocycles. The van der Waals surface area contributed by atoms with E-state index in [9.17, 15) is 13.2 Å². The molecular weight excluding hydrogens is 354 g/mol. The molecule has 1 amide bonds. The van der Waals surface area contributed by atoms with E-state index in [0.29, 0.717) is 13.2 Å². The lowest BCUT2D eigenvalue weighted by molar-refractivity contribution is 0.0947. The van der Waals surface area contributed by atoms with E-state index in [4.69, 9.17) is 9.47 Å². The Hall–Kier alpha value is -2.38. The predicted octanol–water partition coefficient (Wildman–Crippen LogP) is 2.44. The van der Waals surface area contributed by atoms with Crippen LogP contribution in [-0.4, -0.2) is 40.4 Å². The number of sulfone groups is 1. The summed E-state index contributed by atoms with van der Waals surface area (Å²) in [7, 11) is -1.85. The van der Waals surface area contributed by atoms with Crippen LogP contribution in [0.15, 0.2) is 53.4 Å². The van der Waals surface area contributed by atoms with Gasteiger partial charge in [-0.25, -0.2) is 8.42 Å². The second-order valence-electron chi connectivity index (χ2n) is 5.57. The fourth-order valence-electron chi connectivity index (χ4n) is 2.30. The first-order valence-electron chi connectivity index (χ1n) is 8.28. The number of nitrogens with one attached hydrogen (secondary N) is 1. The highest BCUT2D eigenvalue weighted by molar-refractivity contribution is 7.91.